The zero-order valence-electron chi connectivity index (χ0n) is 14.7. The van der Waals surface area contributed by atoms with Gasteiger partial charge in [-0.1, -0.05) is 0 Å². The minimum atomic E-state index is -0.217. The summed E-state index contributed by atoms with van der Waals surface area (Å²) < 4.78 is 6.99. The normalized spacial score (nSPS) is 23.5. The topological polar surface area (TPSA) is 71.5 Å². The zero-order chi connectivity index (χ0) is 18.3. The van der Waals surface area contributed by atoms with E-state index < -0.39 is 0 Å². The average molecular weight is 402 g/mol. The van der Waals surface area contributed by atoms with Crippen LogP contribution in [0.4, 0.5) is 5.95 Å². The van der Waals surface area contributed by atoms with Crippen molar-refractivity contribution in [3.63, 3.8) is 0 Å². The summed E-state index contributed by atoms with van der Waals surface area (Å²) in [4.78, 5) is 31.3. The van der Waals surface area contributed by atoms with Crippen molar-refractivity contribution in [2.45, 2.75) is 13.0 Å². The number of hydrogen-bond donors (Lipinski definition) is 0. The van der Waals surface area contributed by atoms with Gasteiger partial charge in [0.05, 0.1) is 41.7 Å². The molecule has 9 heteroatoms. The summed E-state index contributed by atoms with van der Waals surface area (Å²) in [6, 6.07) is 2.02. The molecular weight excluding hydrogens is 382 g/mol. The Kier molecular flexibility index (Phi) is 4.30. The van der Waals surface area contributed by atoms with Crippen LogP contribution in [0.15, 0.2) is 29.4 Å². The molecule has 0 N–H and O–H groups in total. The van der Waals surface area contributed by atoms with Crippen molar-refractivity contribution in [3.05, 3.63) is 34.2 Å². The Morgan fingerprint density at radius 1 is 1.26 bits per heavy atom. The molecule has 0 aromatic carbocycles. The number of nitrogens with zero attached hydrogens (tertiary/aromatic N) is 5. The molecule has 140 valence electrons. The Morgan fingerprint density at radius 2 is 2.22 bits per heavy atom. The second-order valence-corrected chi connectivity index (χ2v) is 9.13. The molecule has 0 saturated carbocycles. The molecule has 1 amide bonds. The molecule has 3 aromatic rings. The van der Waals surface area contributed by atoms with Gasteiger partial charge in [0.1, 0.15) is 0 Å². The van der Waals surface area contributed by atoms with Crippen LogP contribution < -0.4 is 4.90 Å². The highest BCUT2D eigenvalue weighted by molar-refractivity contribution is 7.17. The van der Waals surface area contributed by atoms with Crippen LogP contribution in [0.5, 0.6) is 0 Å². The first-order valence-electron chi connectivity index (χ1n) is 8.89. The van der Waals surface area contributed by atoms with Gasteiger partial charge in [-0.3, -0.25) is 9.78 Å². The highest BCUT2D eigenvalue weighted by Gasteiger charge is 2.46. The molecule has 5 heterocycles. The lowest BCUT2D eigenvalue weighted by Crippen LogP contribution is -2.41. The quantitative estimate of drug-likeness (QED) is 0.671. The van der Waals surface area contributed by atoms with Crippen LogP contribution in [0.3, 0.4) is 0 Å². The van der Waals surface area contributed by atoms with Crippen LogP contribution in [-0.4, -0.2) is 58.6 Å². The number of aromatic nitrogens is 3. The third-order valence-electron chi connectivity index (χ3n) is 5.15. The highest BCUT2D eigenvalue weighted by Crippen LogP contribution is 2.36. The van der Waals surface area contributed by atoms with Crippen molar-refractivity contribution >= 4 is 44.7 Å². The monoisotopic (exact) mass is 401 g/mol. The molecule has 1 spiro atoms. The molecular formula is C18H19N5O2S2. The van der Waals surface area contributed by atoms with Crippen molar-refractivity contribution in [2.24, 2.45) is 5.41 Å². The summed E-state index contributed by atoms with van der Waals surface area (Å²) in [5.41, 5.74) is 2.56. The molecule has 2 saturated heterocycles. The van der Waals surface area contributed by atoms with E-state index in [0.29, 0.717) is 32.7 Å². The molecule has 2 fully saturated rings. The van der Waals surface area contributed by atoms with Crippen LogP contribution in [0.1, 0.15) is 11.3 Å². The molecule has 0 unspecified atom stereocenters. The number of amides is 1. The van der Waals surface area contributed by atoms with Gasteiger partial charge in [0.15, 0.2) is 0 Å². The molecule has 0 aliphatic carbocycles. The van der Waals surface area contributed by atoms with Crippen molar-refractivity contribution in [1.82, 2.24) is 19.9 Å². The summed E-state index contributed by atoms with van der Waals surface area (Å²) >= 11 is 3.23. The van der Waals surface area contributed by atoms with Crippen molar-refractivity contribution in [3.8, 4) is 0 Å². The Hall–Kier alpha value is -2.10. The molecule has 7 nitrogen and oxygen atoms in total. The SMILES string of the molecule is O=C1C[C@@]2(COCCN(c3ncc4sccc4n3)C2)CN1Cc1cncs1. The van der Waals surface area contributed by atoms with Gasteiger partial charge in [-0.05, 0) is 11.4 Å². The Balaban J connectivity index is 1.38. The first-order chi connectivity index (χ1) is 13.2. The van der Waals surface area contributed by atoms with E-state index in [1.165, 1.54) is 0 Å². The number of hydrogen-bond acceptors (Lipinski definition) is 8. The largest absolute Gasteiger partial charge is 0.379 e. The van der Waals surface area contributed by atoms with Gasteiger partial charge in [-0.25, -0.2) is 9.97 Å². The predicted octanol–water partition coefficient (Wildman–Crippen LogP) is 2.40. The smallest absolute Gasteiger partial charge is 0.226 e. The summed E-state index contributed by atoms with van der Waals surface area (Å²) in [5, 5.41) is 2.03. The van der Waals surface area contributed by atoms with Gasteiger partial charge in [0.2, 0.25) is 11.9 Å². The van der Waals surface area contributed by atoms with E-state index in [1.54, 1.807) is 28.2 Å². The van der Waals surface area contributed by atoms with E-state index in [1.807, 2.05) is 28.7 Å². The lowest BCUT2D eigenvalue weighted by molar-refractivity contribution is -0.128. The first kappa shape index (κ1) is 17.0. The highest BCUT2D eigenvalue weighted by atomic mass is 32.1. The summed E-state index contributed by atoms with van der Waals surface area (Å²) in [6.45, 7) is 4.00. The summed E-state index contributed by atoms with van der Waals surface area (Å²) in [7, 11) is 0. The maximum absolute atomic E-state index is 12.7. The van der Waals surface area contributed by atoms with Gasteiger partial charge in [0, 0.05) is 42.5 Å². The van der Waals surface area contributed by atoms with Crippen LogP contribution in [0.2, 0.25) is 0 Å². The fourth-order valence-electron chi connectivity index (χ4n) is 3.91. The molecule has 1 atom stereocenters. The lowest BCUT2D eigenvalue weighted by atomic mass is 9.87. The number of carbonyl (C=O) groups is 1. The Labute approximate surface area is 164 Å². The maximum atomic E-state index is 12.7. The Morgan fingerprint density at radius 3 is 3.11 bits per heavy atom. The number of rotatable bonds is 3. The first-order valence-corrected chi connectivity index (χ1v) is 10.6. The second-order valence-electron chi connectivity index (χ2n) is 7.21. The summed E-state index contributed by atoms with van der Waals surface area (Å²) in [6.07, 6.45) is 4.22. The molecule has 0 bridgehead atoms. The number of thiazole rings is 1. The number of likely N-dealkylation sites (tertiary alicyclic amines) is 1. The minimum absolute atomic E-state index is 0.183. The zero-order valence-corrected chi connectivity index (χ0v) is 16.3. The van der Waals surface area contributed by atoms with Gasteiger partial charge in [-0.2, -0.15) is 0 Å². The van der Waals surface area contributed by atoms with Crippen LogP contribution >= 0.6 is 22.7 Å². The van der Waals surface area contributed by atoms with E-state index in [9.17, 15) is 4.79 Å². The van der Waals surface area contributed by atoms with Crippen molar-refractivity contribution < 1.29 is 9.53 Å². The van der Waals surface area contributed by atoms with Crippen LogP contribution in [0.25, 0.3) is 10.2 Å². The molecule has 3 aromatic heterocycles. The number of thiophene rings is 1. The van der Waals surface area contributed by atoms with E-state index >= 15 is 0 Å². The second kappa shape index (κ2) is 6.81. The predicted molar refractivity (Wildman–Crippen MR) is 105 cm³/mol. The number of carbonyl (C=O) groups excluding carboxylic acids is 1. The van der Waals surface area contributed by atoms with Gasteiger partial charge in [-0.15, -0.1) is 22.7 Å². The maximum Gasteiger partial charge on any atom is 0.226 e. The van der Waals surface area contributed by atoms with E-state index in [2.05, 4.69) is 14.9 Å². The number of anilines is 1. The number of fused-ring (bicyclic) bond motifs is 1. The van der Waals surface area contributed by atoms with Crippen molar-refractivity contribution in [1.29, 1.82) is 0 Å². The Bertz CT molecular complexity index is 960. The molecule has 2 aliphatic heterocycles. The van der Waals surface area contributed by atoms with E-state index in [0.717, 1.165) is 34.1 Å². The minimum Gasteiger partial charge on any atom is -0.379 e. The standard InChI is InChI=1S/C18H19N5O2S2/c24-16-5-18(10-23(16)8-13-6-19-12-27-13)9-22(2-3-25-11-18)17-20-7-15-14(21-17)1-4-26-15/h1,4,6-7,12H,2-3,5,8-11H2/t18-/m0/s1. The molecule has 5 rings (SSSR count). The van der Waals surface area contributed by atoms with Crippen LogP contribution in [-0.2, 0) is 16.1 Å². The van der Waals surface area contributed by atoms with Crippen molar-refractivity contribution in [2.75, 3.05) is 37.7 Å². The molecule has 2 aliphatic rings. The van der Waals surface area contributed by atoms with Gasteiger partial charge < -0.3 is 14.5 Å². The summed E-state index contributed by atoms with van der Waals surface area (Å²) in [5.74, 6) is 0.905. The number of ether oxygens (including phenoxy) is 1. The lowest BCUT2D eigenvalue weighted by Gasteiger charge is -2.31. The molecule has 27 heavy (non-hydrogen) atoms. The van der Waals surface area contributed by atoms with Gasteiger partial charge >= 0.3 is 0 Å². The van der Waals surface area contributed by atoms with Crippen LogP contribution in [0, 0.1) is 5.41 Å². The average Bonchev–Trinajstić information content (AvgIpc) is 3.36. The van der Waals surface area contributed by atoms with E-state index in [4.69, 9.17) is 9.72 Å². The fraction of sp³-hybridized carbons (Fsp3) is 0.444. The third kappa shape index (κ3) is 3.30. The third-order valence-corrected chi connectivity index (χ3v) is 6.75. The molecule has 0 radical (unpaired) electrons. The van der Waals surface area contributed by atoms with Gasteiger partial charge in [0.25, 0.3) is 0 Å². The fourth-order valence-corrected chi connectivity index (χ4v) is 5.21. The van der Waals surface area contributed by atoms with E-state index in [-0.39, 0.29) is 11.3 Å².